The molecule has 0 saturated carbocycles. The van der Waals surface area contributed by atoms with Crippen molar-refractivity contribution in [3.05, 3.63) is 59.4 Å². The van der Waals surface area contributed by atoms with Crippen LogP contribution in [0.2, 0.25) is 0 Å². The molecule has 1 atom stereocenters. The summed E-state index contributed by atoms with van der Waals surface area (Å²) in [6.07, 6.45) is 1.01. The van der Waals surface area contributed by atoms with Gasteiger partial charge in [0.2, 0.25) is 0 Å². The van der Waals surface area contributed by atoms with Crippen molar-refractivity contribution in [1.82, 2.24) is 0 Å². The average Bonchev–Trinajstić information content (AvgIpc) is 2.47. The van der Waals surface area contributed by atoms with Gasteiger partial charge in [-0.05, 0) is 48.7 Å². The molecule has 0 aliphatic carbocycles. The second-order valence-corrected chi connectivity index (χ2v) is 4.81. The molecule has 0 bridgehead atoms. The van der Waals surface area contributed by atoms with E-state index >= 15 is 0 Å². The van der Waals surface area contributed by atoms with Crippen LogP contribution in [0.3, 0.4) is 0 Å². The summed E-state index contributed by atoms with van der Waals surface area (Å²) < 4.78 is 18.4. The Balaban J connectivity index is 2.16. The third kappa shape index (κ3) is 3.29. The Bertz CT molecular complexity index is 583. The molecule has 0 fully saturated rings. The first-order valence-corrected chi connectivity index (χ1v) is 6.83. The molecule has 0 spiro atoms. The Hall–Kier alpha value is -2.03. The number of hydrogen-bond donors (Lipinski definition) is 1. The number of hydrogen-bond acceptors (Lipinski definition) is 2. The zero-order valence-electron chi connectivity index (χ0n) is 12.1. The van der Waals surface area contributed by atoms with Gasteiger partial charge >= 0.3 is 0 Å². The predicted octanol–water partition coefficient (Wildman–Crippen LogP) is 4.57. The zero-order valence-corrected chi connectivity index (χ0v) is 12.1. The molecule has 0 aromatic heterocycles. The van der Waals surface area contributed by atoms with Gasteiger partial charge in [0, 0.05) is 11.7 Å². The molecule has 2 aromatic carbocycles. The van der Waals surface area contributed by atoms with Crippen LogP contribution in [-0.2, 0) is 6.42 Å². The number of rotatable bonds is 5. The fraction of sp³-hybridized carbons (Fsp3) is 0.294. The maximum Gasteiger partial charge on any atom is 0.165 e. The van der Waals surface area contributed by atoms with E-state index < -0.39 is 0 Å². The van der Waals surface area contributed by atoms with Crippen LogP contribution in [0.15, 0.2) is 42.5 Å². The van der Waals surface area contributed by atoms with Crippen molar-refractivity contribution >= 4 is 5.69 Å². The van der Waals surface area contributed by atoms with Crippen molar-refractivity contribution in [2.45, 2.75) is 26.3 Å². The Kier molecular flexibility index (Phi) is 4.61. The first-order valence-electron chi connectivity index (χ1n) is 6.83. The van der Waals surface area contributed by atoms with Gasteiger partial charge in [-0.15, -0.1) is 0 Å². The molecule has 3 heteroatoms. The highest BCUT2D eigenvalue weighted by Gasteiger charge is 2.09. The minimum Gasteiger partial charge on any atom is -0.494 e. The highest BCUT2D eigenvalue weighted by molar-refractivity contribution is 5.48. The first kappa shape index (κ1) is 14.4. The third-order valence-electron chi connectivity index (χ3n) is 3.39. The number of aryl methyl sites for hydroxylation is 1. The predicted molar refractivity (Wildman–Crippen MR) is 80.8 cm³/mol. The third-order valence-corrected chi connectivity index (χ3v) is 3.39. The number of halogens is 1. The minimum absolute atomic E-state index is 0.0802. The number of anilines is 1. The molecular weight excluding hydrogens is 253 g/mol. The molecular formula is C17H20FNO. The van der Waals surface area contributed by atoms with E-state index in [-0.39, 0.29) is 17.6 Å². The lowest BCUT2D eigenvalue weighted by atomic mass is 10.1. The molecule has 20 heavy (non-hydrogen) atoms. The van der Waals surface area contributed by atoms with E-state index in [1.807, 2.05) is 19.1 Å². The van der Waals surface area contributed by atoms with E-state index in [1.54, 1.807) is 12.1 Å². The summed E-state index contributed by atoms with van der Waals surface area (Å²) in [4.78, 5) is 0. The van der Waals surface area contributed by atoms with E-state index in [2.05, 4.69) is 24.4 Å². The van der Waals surface area contributed by atoms with Gasteiger partial charge in [-0.25, -0.2) is 4.39 Å². The number of nitrogens with one attached hydrogen (secondary N) is 1. The number of ether oxygens (including phenoxy) is 1. The lowest BCUT2D eigenvalue weighted by molar-refractivity contribution is 0.385. The van der Waals surface area contributed by atoms with Crippen LogP contribution in [0.5, 0.6) is 5.75 Å². The molecule has 0 heterocycles. The highest BCUT2D eigenvalue weighted by Crippen LogP contribution is 2.25. The second-order valence-electron chi connectivity index (χ2n) is 4.81. The van der Waals surface area contributed by atoms with Crippen molar-refractivity contribution < 1.29 is 9.13 Å². The number of methoxy groups -OCH3 is 1. The Morgan fingerprint density at radius 1 is 1.20 bits per heavy atom. The van der Waals surface area contributed by atoms with Gasteiger partial charge in [0.05, 0.1) is 7.11 Å². The molecule has 0 aliphatic heterocycles. The van der Waals surface area contributed by atoms with Crippen molar-refractivity contribution in [3.8, 4) is 5.75 Å². The number of benzene rings is 2. The lowest BCUT2D eigenvalue weighted by Crippen LogP contribution is -2.07. The fourth-order valence-corrected chi connectivity index (χ4v) is 2.16. The molecule has 1 unspecified atom stereocenters. The summed E-state index contributed by atoms with van der Waals surface area (Å²) in [5.41, 5.74) is 3.35. The molecule has 2 aromatic rings. The molecule has 2 nitrogen and oxygen atoms in total. The summed E-state index contributed by atoms with van der Waals surface area (Å²) in [7, 11) is 1.48. The standard InChI is InChI=1S/C17H20FNO/c1-4-13-6-5-7-15(10-13)19-12(2)14-8-9-16(18)17(11-14)20-3/h5-12,19H,4H2,1-3H3. The quantitative estimate of drug-likeness (QED) is 0.861. The molecule has 0 amide bonds. The normalized spacial score (nSPS) is 12.0. The maximum atomic E-state index is 13.4. The monoisotopic (exact) mass is 273 g/mol. The van der Waals surface area contributed by atoms with Gasteiger partial charge in [-0.1, -0.05) is 25.1 Å². The van der Waals surface area contributed by atoms with Crippen LogP contribution in [-0.4, -0.2) is 7.11 Å². The molecule has 0 aliphatic rings. The van der Waals surface area contributed by atoms with Gasteiger partial charge in [0.25, 0.3) is 0 Å². The smallest absolute Gasteiger partial charge is 0.165 e. The molecule has 2 rings (SSSR count). The van der Waals surface area contributed by atoms with Crippen molar-refractivity contribution in [1.29, 1.82) is 0 Å². The summed E-state index contributed by atoms with van der Waals surface area (Å²) in [6.45, 7) is 4.18. The second kappa shape index (κ2) is 6.42. The van der Waals surface area contributed by atoms with Gasteiger partial charge in [-0.3, -0.25) is 0 Å². The highest BCUT2D eigenvalue weighted by atomic mass is 19.1. The van der Waals surface area contributed by atoms with E-state index in [0.717, 1.165) is 17.7 Å². The van der Waals surface area contributed by atoms with Crippen LogP contribution in [0.4, 0.5) is 10.1 Å². The first-order chi connectivity index (χ1) is 9.63. The fourth-order valence-electron chi connectivity index (χ4n) is 2.16. The summed E-state index contributed by atoms with van der Waals surface area (Å²) in [5.74, 6) is -0.0603. The van der Waals surface area contributed by atoms with Gasteiger partial charge in [0.1, 0.15) is 0 Å². The molecule has 0 radical (unpaired) electrons. The maximum absolute atomic E-state index is 13.4. The SMILES string of the molecule is CCc1cccc(NC(C)c2ccc(F)c(OC)c2)c1. The molecule has 106 valence electrons. The topological polar surface area (TPSA) is 21.3 Å². The van der Waals surface area contributed by atoms with Crippen molar-refractivity contribution in [2.24, 2.45) is 0 Å². The Labute approximate surface area is 119 Å². The summed E-state index contributed by atoms with van der Waals surface area (Å²) in [5, 5.41) is 3.43. The van der Waals surface area contributed by atoms with Crippen LogP contribution in [0.1, 0.15) is 31.0 Å². The average molecular weight is 273 g/mol. The lowest BCUT2D eigenvalue weighted by Gasteiger charge is -2.17. The summed E-state index contributed by atoms with van der Waals surface area (Å²) >= 11 is 0. The minimum atomic E-state index is -0.337. The molecule has 0 saturated heterocycles. The van der Waals surface area contributed by atoms with E-state index in [4.69, 9.17) is 4.74 Å². The summed E-state index contributed by atoms with van der Waals surface area (Å²) in [6, 6.07) is 13.4. The van der Waals surface area contributed by atoms with Crippen LogP contribution < -0.4 is 10.1 Å². The van der Waals surface area contributed by atoms with Crippen LogP contribution in [0, 0.1) is 5.82 Å². The van der Waals surface area contributed by atoms with Gasteiger partial charge < -0.3 is 10.1 Å². The van der Waals surface area contributed by atoms with Crippen LogP contribution >= 0.6 is 0 Å². The largest absolute Gasteiger partial charge is 0.494 e. The van der Waals surface area contributed by atoms with E-state index in [1.165, 1.54) is 18.7 Å². The van der Waals surface area contributed by atoms with E-state index in [9.17, 15) is 4.39 Å². The zero-order chi connectivity index (χ0) is 14.5. The Morgan fingerprint density at radius 3 is 2.70 bits per heavy atom. The molecule has 1 N–H and O–H groups in total. The van der Waals surface area contributed by atoms with Crippen molar-refractivity contribution in [2.75, 3.05) is 12.4 Å². The van der Waals surface area contributed by atoms with Crippen molar-refractivity contribution in [3.63, 3.8) is 0 Å². The van der Waals surface area contributed by atoms with E-state index in [0.29, 0.717) is 0 Å². The van der Waals surface area contributed by atoms with Gasteiger partial charge in [0.15, 0.2) is 11.6 Å². The Morgan fingerprint density at radius 2 is 2.00 bits per heavy atom. The van der Waals surface area contributed by atoms with Gasteiger partial charge in [-0.2, -0.15) is 0 Å². The van der Waals surface area contributed by atoms with Crippen LogP contribution in [0.25, 0.3) is 0 Å².